The normalized spacial score (nSPS) is 15.3. The third kappa shape index (κ3) is 5.57. The summed E-state index contributed by atoms with van der Waals surface area (Å²) in [5.41, 5.74) is 1.54. The zero-order valence-electron chi connectivity index (χ0n) is 19.4. The van der Waals surface area contributed by atoms with Crippen LogP contribution < -0.4 is 4.72 Å². The van der Waals surface area contributed by atoms with Crippen molar-refractivity contribution in [2.45, 2.75) is 57.3 Å². The van der Waals surface area contributed by atoms with Crippen LogP contribution in [-0.2, 0) is 27.8 Å². The highest BCUT2D eigenvalue weighted by Crippen LogP contribution is 2.37. The summed E-state index contributed by atoms with van der Waals surface area (Å²) in [4.78, 5) is 28.0. The molecule has 32 heavy (non-hydrogen) atoms. The molecule has 1 N–H and O–H groups in total. The number of thiophene rings is 1. The Kier molecular flexibility index (Phi) is 6.83. The van der Waals surface area contributed by atoms with Crippen molar-refractivity contribution in [2.24, 2.45) is 5.92 Å². The van der Waals surface area contributed by atoms with E-state index >= 15 is 0 Å². The lowest BCUT2D eigenvalue weighted by atomic mass is 10.0. The Balaban J connectivity index is 2.01. The smallest absolute Gasteiger partial charge is 0.318 e. The number of benzene rings is 1. The van der Waals surface area contributed by atoms with Crippen molar-refractivity contribution in [3.8, 4) is 11.1 Å². The quantitative estimate of drug-likeness (QED) is 0.609. The molecular formula is C23H31N3O4S2. The van der Waals surface area contributed by atoms with Crippen molar-refractivity contribution in [1.82, 2.24) is 14.5 Å². The van der Waals surface area contributed by atoms with Crippen molar-refractivity contribution in [1.29, 1.82) is 0 Å². The Morgan fingerprint density at radius 2 is 1.84 bits per heavy atom. The summed E-state index contributed by atoms with van der Waals surface area (Å²) in [7, 11) is -2.13. The van der Waals surface area contributed by atoms with E-state index in [-0.39, 0.29) is 29.2 Å². The summed E-state index contributed by atoms with van der Waals surface area (Å²) in [5, 5.41) is 0. The van der Waals surface area contributed by atoms with E-state index in [9.17, 15) is 18.0 Å². The van der Waals surface area contributed by atoms with E-state index in [1.807, 2.05) is 51.1 Å². The summed E-state index contributed by atoms with van der Waals surface area (Å²) in [6.45, 7) is 9.87. The molecule has 1 aliphatic heterocycles. The maximum absolute atomic E-state index is 13.2. The number of carbonyl (C=O) groups is 2. The Hall–Kier alpha value is -2.23. The highest BCUT2D eigenvalue weighted by atomic mass is 32.2. The van der Waals surface area contributed by atoms with Crippen molar-refractivity contribution < 1.29 is 18.0 Å². The molecule has 0 atom stereocenters. The van der Waals surface area contributed by atoms with Gasteiger partial charge in [-0.1, -0.05) is 32.0 Å². The van der Waals surface area contributed by atoms with Crippen LogP contribution in [0.3, 0.4) is 0 Å². The highest BCUT2D eigenvalue weighted by Gasteiger charge is 2.33. The molecule has 0 spiro atoms. The van der Waals surface area contributed by atoms with Gasteiger partial charge >= 0.3 is 6.03 Å². The van der Waals surface area contributed by atoms with Crippen LogP contribution in [0.25, 0.3) is 11.1 Å². The molecule has 3 amide bonds. The van der Waals surface area contributed by atoms with E-state index in [2.05, 4.69) is 18.6 Å². The molecule has 1 fully saturated rings. The number of sulfonamides is 1. The molecule has 0 saturated carbocycles. The average molecular weight is 478 g/mol. The molecule has 1 aromatic carbocycles. The molecule has 174 valence electrons. The Labute approximate surface area is 194 Å². The van der Waals surface area contributed by atoms with Gasteiger partial charge in [-0.05, 0) is 56.4 Å². The molecular weight excluding hydrogens is 446 g/mol. The van der Waals surface area contributed by atoms with Gasteiger partial charge in [-0.2, -0.15) is 0 Å². The fourth-order valence-corrected chi connectivity index (χ4v) is 6.99. The number of nitrogens with one attached hydrogen (secondary N) is 1. The van der Waals surface area contributed by atoms with E-state index in [0.717, 1.165) is 22.4 Å². The van der Waals surface area contributed by atoms with Gasteiger partial charge in [-0.3, -0.25) is 9.69 Å². The van der Waals surface area contributed by atoms with Gasteiger partial charge in [0.05, 0.1) is 6.54 Å². The van der Waals surface area contributed by atoms with Crippen LogP contribution in [0.4, 0.5) is 4.79 Å². The number of urea groups is 1. The van der Waals surface area contributed by atoms with Crippen LogP contribution in [0, 0.1) is 5.92 Å². The van der Waals surface area contributed by atoms with Crippen molar-refractivity contribution in [3.63, 3.8) is 0 Å². The molecule has 0 radical (unpaired) electrons. The van der Waals surface area contributed by atoms with Crippen LogP contribution in [0.5, 0.6) is 0 Å². The first-order valence-electron chi connectivity index (χ1n) is 10.6. The lowest BCUT2D eigenvalue weighted by Crippen LogP contribution is -2.40. The van der Waals surface area contributed by atoms with Gasteiger partial charge in [0.15, 0.2) is 0 Å². The Morgan fingerprint density at radius 1 is 1.16 bits per heavy atom. The third-order valence-electron chi connectivity index (χ3n) is 4.85. The number of likely N-dealkylation sites (N-methyl/N-ethyl adjacent to an activating group) is 1. The first-order chi connectivity index (χ1) is 14.8. The van der Waals surface area contributed by atoms with E-state index < -0.39 is 15.6 Å². The fourth-order valence-electron chi connectivity index (χ4n) is 3.62. The molecule has 2 aromatic rings. The molecule has 0 unspecified atom stereocenters. The van der Waals surface area contributed by atoms with Gasteiger partial charge in [-0.25, -0.2) is 17.9 Å². The van der Waals surface area contributed by atoms with Crippen LogP contribution in [0.15, 0.2) is 34.5 Å². The lowest BCUT2D eigenvalue weighted by molar-refractivity contribution is -0.125. The molecule has 2 heterocycles. The van der Waals surface area contributed by atoms with Crippen LogP contribution >= 0.6 is 11.3 Å². The van der Waals surface area contributed by atoms with Gasteiger partial charge < -0.3 is 4.90 Å². The second-order valence-corrected chi connectivity index (χ2v) is 12.7. The maximum Gasteiger partial charge on any atom is 0.327 e. The van der Waals surface area contributed by atoms with E-state index in [1.165, 1.54) is 21.1 Å². The minimum Gasteiger partial charge on any atom is -0.318 e. The average Bonchev–Trinajstić information content (AvgIpc) is 3.17. The molecule has 9 heteroatoms. The topological polar surface area (TPSA) is 86.8 Å². The monoisotopic (exact) mass is 477 g/mol. The van der Waals surface area contributed by atoms with Gasteiger partial charge in [0.1, 0.15) is 10.8 Å². The third-order valence-corrected chi connectivity index (χ3v) is 8.30. The first kappa shape index (κ1) is 24.4. The summed E-state index contributed by atoms with van der Waals surface area (Å²) >= 11 is 1.29. The molecule has 1 aliphatic rings. The van der Waals surface area contributed by atoms with Crippen molar-refractivity contribution >= 4 is 33.3 Å². The van der Waals surface area contributed by atoms with Crippen molar-refractivity contribution in [3.05, 3.63) is 40.8 Å². The maximum atomic E-state index is 13.2. The van der Waals surface area contributed by atoms with Crippen molar-refractivity contribution in [2.75, 3.05) is 13.6 Å². The van der Waals surface area contributed by atoms with E-state index in [1.54, 1.807) is 7.05 Å². The zero-order chi connectivity index (χ0) is 23.8. The summed E-state index contributed by atoms with van der Waals surface area (Å²) in [5.74, 6) is 0.151. The second kappa shape index (κ2) is 8.96. The van der Waals surface area contributed by atoms with Crippen LogP contribution in [0.2, 0.25) is 0 Å². The number of imide groups is 1. The predicted molar refractivity (Wildman–Crippen MR) is 127 cm³/mol. The Morgan fingerprint density at radius 3 is 2.41 bits per heavy atom. The second-order valence-electron chi connectivity index (χ2n) is 9.69. The Bertz CT molecular complexity index is 1130. The molecule has 7 nitrogen and oxygen atoms in total. The predicted octanol–water partition coefficient (Wildman–Crippen LogP) is 4.08. The largest absolute Gasteiger partial charge is 0.327 e. The summed E-state index contributed by atoms with van der Waals surface area (Å²) in [6.07, 6.45) is 0.783. The summed E-state index contributed by atoms with van der Waals surface area (Å²) < 4.78 is 29.5. The van der Waals surface area contributed by atoms with E-state index in [4.69, 9.17) is 0 Å². The highest BCUT2D eigenvalue weighted by molar-refractivity contribution is 7.91. The molecule has 3 rings (SSSR count). The van der Waals surface area contributed by atoms with Gasteiger partial charge in [-0.15, -0.1) is 11.3 Å². The number of carbonyl (C=O) groups excluding carboxylic acids is 2. The number of nitrogens with zero attached hydrogens (tertiary/aromatic N) is 2. The SMILES string of the molecule is CC(C)Cc1cc(-c2cccc(CN3C(=O)CN(C)C3=O)c2)c(S(=O)(=O)NC(C)(C)C)s1. The standard InChI is InChI=1S/C23H31N3O4S2/c1-15(2)10-18-12-19(21(31-18)32(29,30)24-23(3,4)5)17-9-7-8-16(11-17)13-26-20(27)14-25(6)22(26)28/h7-9,11-12,15,24H,10,13-14H2,1-6H3. The van der Waals surface area contributed by atoms with Gasteiger partial charge in [0.25, 0.3) is 15.9 Å². The molecule has 1 aromatic heterocycles. The van der Waals surface area contributed by atoms with Gasteiger partial charge in [0, 0.05) is 23.0 Å². The number of amides is 3. The van der Waals surface area contributed by atoms with E-state index in [0.29, 0.717) is 11.5 Å². The fraction of sp³-hybridized carbons (Fsp3) is 0.478. The first-order valence-corrected chi connectivity index (χ1v) is 12.9. The molecule has 0 bridgehead atoms. The van der Waals surface area contributed by atoms with Gasteiger partial charge in [0.2, 0.25) is 0 Å². The molecule has 1 saturated heterocycles. The summed E-state index contributed by atoms with van der Waals surface area (Å²) in [6, 6.07) is 9.00. The minimum absolute atomic E-state index is 0.0719. The zero-order valence-corrected chi connectivity index (χ0v) is 21.1. The number of hydrogen-bond donors (Lipinski definition) is 1. The van der Waals surface area contributed by atoms with Crippen LogP contribution in [-0.4, -0.2) is 49.3 Å². The van der Waals surface area contributed by atoms with Crippen LogP contribution in [0.1, 0.15) is 45.1 Å². The number of hydrogen-bond acceptors (Lipinski definition) is 5. The molecule has 0 aliphatic carbocycles. The lowest BCUT2D eigenvalue weighted by Gasteiger charge is -2.20. The minimum atomic E-state index is -3.73. The number of rotatable bonds is 7.